The third-order valence-electron chi connectivity index (χ3n) is 2.47. The van der Waals surface area contributed by atoms with Crippen molar-refractivity contribution >= 4 is 24.6 Å². The van der Waals surface area contributed by atoms with Gasteiger partial charge >= 0.3 is 6.09 Å². The monoisotopic (exact) mass is 310 g/mol. The van der Waals surface area contributed by atoms with Gasteiger partial charge in [-0.3, -0.25) is 4.79 Å². The second-order valence-electron chi connectivity index (χ2n) is 5.50. The molecular formula is C15H22N2O3S. The lowest BCUT2D eigenvalue weighted by molar-refractivity contribution is -0.123. The molecule has 0 spiro atoms. The van der Waals surface area contributed by atoms with Crippen molar-refractivity contribution in [3.63, 3.8) is 0 Å². The minimum absolute atomic E-state index is 0.291. The summed E-state index contributed by atoms with van der Waals surface area (Å²) in [5.41, 5.74) is 0.0763. The lowest BCUT2D eigenvalue weighted by Gasteiger charge is -2.23. The van der Waals surface area contributed by atoms with Gasteiger partial charge in [0.25, 0.3) is 0 Å². The van der Waals surface area contributed by atoms with Gasteiger partial charge in [-0.25, -0.2) is 4.79 Å². The van der Waals surface area contributed by atoms with E-state index in [1.165, 1.54) is 0 Å². The molecule has 0 bridgehead atoms. The van der Waals surface area contributed by atoms with Crippen LogP contribution < -0.4 is 10.6 Å². The van der Waals surface area contributed by atoms with Gasteiger partial charge in [0, 0.05) is 12.3 Å². The lowest BCUT2D eigenvalue weighted by Crippen LogP contribution is -2.43. The van der Waals surface area contributed by atoms with Gasteiger partial charge in [-0.1, -0.05) is 30.3 Å². The quantitative estimate of drug-likeness (QED) is 0.731. The Labute approximate surface area is 130 Å². The Morgan fingerprint density at radius 1 is 1.24 bits per heavy atom. The van der Waals surface area contributed by atoms with E-state index >= 15 is 0 Å². The molecule has 0 aliphatic rings. The topological polar surface area (TPSA) is 67.4 Å². The minimum atomic E-state index is -0.791. The molecule has 0 aromatic heterocycles. The van der Waals surface area contributed by atoms with Gasteiger partial charge in [0.1, 0.15) is 11.6 Å². The normalized spacial score (nSPS) is 12.4. The number of nitrogens with one attached hydrogen (secondary N) is 2. The van der Waals surface area contributed by atoms with Crippen LogP contribution in [0.2, 0.25) is 0 Å². The van der Waals surface area contributed by atoms with Crippen molar-refractivity contribution in [1.29, 1.82) is 0 Å². The van der Waals surface area contributed by atoms with Gasteiger partial charge in [-0.15, -0.1) is 0 Å². The molecule has 0 aliphatic heterocycles. The number of rotatable bonds is 5. The molecule has 0 saturated carbocycles. The van der Waals surface area contributed by atoms with E-state index in [0.29, 0.717) is 17.9 Å². The predicted molar refractivity (Wildman–Crippen MR) is 85.4 cm³/mol. The number of benzene rings is 1. The van der Waals surface area contributed by atoms with E-state index in [1.807, 2.05) is 18.2 Å². The highest BCUT2D eigenvalue weighted by molar-refractivity contribution is 7.80. The first-order chi connectivity index (χ1) is 9.83. The smallest absolute Gasteiger partial charge is 0.408 e. The van der Waals surface area contributed by atoms with E-state index in [4.69, 9.17) is 4.74 Å². The fourth-order valence-electron chi connectivity index (χ4n) is 1.65. The molecule has 1 aromatic rings. The first-order valence-corrected chi connectivity index (χ1v) is 7.40. The molecule has 1 aromatic carbocycles. The van der Waals surface area contributed by atoms with Crippen LogP contribution in [-0.4, -0.2) is 29.9 Å². The summed E-state index contributed by atoms with van der Waals surface area (Å²) in [4.78, 5) is 24.1. The van der Waals surface area contributed by atoms with E-state index in [0.717, 1.165) is 0 Å². The van der Waals surface area contributed by atoms with Crippen LogP contribution in [0, 0.1) is 0 Å². The zero-order valence-electron chi connectivity index (χ0n) is 12.6. The molecule has 6 heteroatoms. The maximum Gasteiger partial charge on any atom is 0.408 e. The van der Waals surface area contributed by atoms with Crippen LogP contribution in [0.15, 0.2) is 30.3 Å². The van der Waals surface area contributed by atoms with Crippen LogP contribution in [0.5, 0.6) is 0 Å². The summed E-state index contributed by atoms with van der Waals surface area (Å²) < 4.78 is 5.20. The molecule has 116 valence electrons. The standard InChI is InChI=1S/C15H22N2O3S/c1-15(2,3)20-14(19)17-12(13(18)16-9-10-21)11-7-5-4-6-8-11/h4-8,12,21H,9-10H2,1-3H3,(H,16,18)(H,17,19)/t12-/m1/s1. The molecule has 1 rings (SSSR count). The third kappa shape index (κ3) is 6.53. The fraction of sp³-hybridized carbons (Fsp3) is 0.467. The molecule has 2 amide bonds. The largest absolute Gasteiger partial charge is 0.444 e. The maximum atomic E-state index is 12.2. The Kier molecular flexibility index (Phi) is 6.55. The van der Waals surface area contributed by atoms with Gasteiger partial charge in [0.2, 0.25) is 5.91 Å². The van der Waals surface area contributed by atoms with Crippen LogP contribution in [0.25, 0.3) is 0 Å². The molecular weight excluding hydrogens is 288 g/mol. The third-order valence-corrected chi connectivity index (χ3v) is 2.69. The molecule has 0 fully saturated rings. The van der Waals surface area contributed by atoms with Crippen molar-refractivity contribution in [1.82, 2.24) is 10.6 Å². The van der Waals surface area contributed by atoms with Crippen molar-refractivity contribution in [2.75, 3.05) is 12.3 Å². The van der Waals surface area contributed by atoms with Crippen LogP contribution in [0.1, 0.15) is 32.4 Å². The Morgan fingerprint density at radius 2 is 1.86 bits per heavy atom. The van der Waals surface area contributed by atoms with Gasteiger partial charge in [-0.05, 0) is 26.3 Å². The number of hydrogen-bond acceptors (Lipinski definition) is 4. The number of thiol groups is 1. The maximum absolute atomic E-state index is 12.2. The van der Waals surface area contributed by atoms with Crippen LogP contribution in [0.4, 0.5) is 4.79 Å². The molecule has 0 saturated heterocycles. The zero-order chi connectivity index (χ0) is 15.9. The summed E-state index contributed by atoms with van der Waals surface area (Å²) in [5, 5.41) is 5.31. The number of carbonyl (C=O) groups is 2. The molecule has 0 heterocycles. The number of ether oxygens (including phenoxy) is 1. The summed E-state index contributed by atoms with van der Waals surface area (Å²) >= 11 is 4.05. The summed E-state index contributed by atoms with van der Waals surface area (Å²) in [6, 6.07) is 8.24. The van der Waals surface area contributed by atoms with E-state index in [-0.39, 0.29) is 5.91 Å². The summed E-state index contributed by atoms with van der Waals surface area (Å²) in [5.74, 6) is 0.237. The van der Waals surface area contributed by atoms with Gasteiger partial charge < -0.3 is 15.4 Å². The molecule has 0 radical (unpaired) electrons. The molecule has 5 nitrogen and oxygen atoms in total. The van der Waals surface area contributed by atoms with E-state index in [2.05, 4.69) is 23.3 Å². The summed E-state index contributed by atoms with van der Waals surface area (Å²) in [6.07, 6.45) is -0.627. The van der Waals surface area contributed by atoms with Crippen molar-refractivity contribution in [3.8, 4) is 0 Å². The highest BCUT2D eigenvalue weighted by Crippen LogP contribution is 2.14. The number of hydrogen-bond donors (Lipinski definition) is 3. The van der Waals surface area contributed by atoms with Gasteiger partial charge in [0.05, 0.1) is 0 Å². The molecule has 0 aliphatic carbocycles. The van der Waals surface area contributed by atoms with Crippen molar-refractivity contribution < 1.29 is 14.3 Å². The van der Waals surface area contributed by atoms with E-state index in [1.54, 1.807) is 32.9 Å². The van der Waals surface area contributed by atoms with Crippen LogP contribution in [-0.2, 0) is 9.53 Å². The highest BCUT2D eigenvalue weighted by atomic mass is 32.1. The molecule has 21 heavy (non-hydrogen) atoms. The lowest BCUT2D eigenvalue weighted by atomic mass is 10.1. The fourth-order valence-corrected chi connectivity index (χ4v) is 1.76. The van der Waals surface area contributed by atoms with Crippen molar-refractivity contribution in [3.05, 3.63) is 35.9 Å². The van der Waals surface area contributed by atoms with Crippen LogP contribution >= 0.6 is 12.6 Å². The van der Waals surface area contributed by atoms with Gasteiger partial charge in [-0.2, -0.15) is 12.6 Å². The Morgan fingerprint density at radius 3 is 2.38 bits per heavy atom. The van der Waals surface area contributed by atoms with Gasteiger partial charge in [0.15, 0.2) is 0 Å². The van der Waals surface area contributed by atoms with E-state index < -0.39 is 17.7 Å². The predicted octanol–water partition coefficient (Wildman–Crippen LogP) is 2.30. The number of carbonyl (C=O) groups excluding carboxylic acids is 2. The summed E-state index contributed by atoms with van der Waals surface area (Å²) in [7, 11) is 0. The first kappa shape index (κ1) is 17.4. The Balaban J connectivity index is 2.82. The molecule has 0 unspecified atom stereocenters. The SMILES string of the molecule is CC(C)(C)OC(=O)N[C@@H](C(=O)NCCS)c1ccccc1. The second kappa shape index (κ2) is 7.93. The average molecular weight is 310 g/mol. The summed E-state index contributed by atoms with van der Waals surface area (Å²) in [6.45, 7) is 5.74. The van der Waals surface area contributed by atoms with Crippen molar-refractivity contribution in [2.45, 2.75) is 32.4 Å². The average Bonchev–Trinajstić information content (AvgIpc) is 2.41. The Hall–Kier alpha value is -1.69. The van der Waals surface area contributed by atoms with Crippen LogP contribution in [0.3, 0.4) is 0 Å². The zero-order valence-corrected chi connectivity index (χ0v) is 13.4. The highest BCUT2D eigenvalue weighted by Gasteiger charge is 2.25. The van der Waals surface area contributed by atoms with Crippen molar-refractivity contribution in [2.24, 2.45) is 0 Å². The first-order valence-electron chi connectivity index (χ1n) is 6.76. The number of alkyl carbamates (subject to hydrolysis) is 1. The number of amides is 2. The van der Waals surface area contributed by atoms with E-state index in [9.17, 15) is 9.59 Å². The molecule has 2 N–H and O–H groups in total. The molecule has 1 atom stereocenters. The Bertz CT molecular complexity index is 472. The minimum Gasteiger partial charge on any atom is -0.444 e. The second-order valence-corrected chi connectivity index (χ2v) is 5.95.